The van der Waals surface area contributed by atoms with E-state index < -0.39 is 29.1 Å². The molecule has 1 aliphatic rings. The zero-order chi connectivity index (χ0) is 19.0. The van der Waals surface area contributed by atoms with Crippen LogP contribution in [0.25, 0.3) is 0 Å². The summed E-state index contributed by atoms with van der Waals surface area (Å²) < 4.78 is 14.9. The van der Waals surface area contributed by atoms with Crippen molar-refractivity contribution in [3.8, 4) is 0 Å². The van der Waals surface area contributed by atoms with Crippen LogP contribution in [0, 0.1) is 5.82 Å². The van der Waals surface area contributed by atoms with Gasteiger partial charge < -0.3 is 5.32 Å². The van der Waals surface area contributed by atoms with Crippen molar-refractivity contribution in [1.82, 2.24) is 14.9 Å². The average molecular weight is 366 g/mol. The molecule has 0 radical (unpaired) electrons. The van der Waals surface area contributed by atoms with Crippen molar-refractivity contribution in [1.29, 1.82) is 0 Å². The fourth-order valence-corrected chi connectivity index (χ4v) is 3.19. The van der Waals surface area contributed by atoms with Gasteiger partial charge in [-0.25, -0.2) is 14.0 Å². The van der Waals surface area contributed by atoms with E-state index in [1.807, 2.05) is 30.3 Å². The predicted octanol–water partition coefficient (Wildman–Crippen LogP) is 1.95. The minimum Gasteiger partial charge on any atom is -0.327 e. The summed E-state index contributed by atoms with van der Waals surface area (Å²) >= 11 is 0. The lowest BCUT2D eigenvalue weighted by Crippen LogP contribution is -2.46. The molecule has 3 aromatic rings. The molecule has 2 aromatic carbocycles. The number of amides is 2. The Morgan fingerprint density at radius 2 is 1.78 bits per heavy atom. The van der Waals surface area contributed by atoms with E-state index in [-0.39, 0.29) is 17.9 Å². The van der Waals surface area contributed by atoms with Gasteiger partial charge in [0.15, 0.2) is 0 Å². The largest absolute Gasteiger partial charge is 0.330 e. The molecule has 1 aromatic heterocycles. The normalized spacial score (nSPS) is 15.6. The maximum atomic E-state index is 13.7. The van der Waals surface area contributed by atoms with Gasteiger partial charge in [0.2, 0.25) is 0 Å². The summed E-state index contributed by atoms with van der Waals surface area (Å²) in [6.07, 6.45) is 0. The molecular weight excluding hydrogens is 351 g/mol. The standard InChI is InChI=1S/C19H15FN4O3/c20-13-8-4-7-12(9-13)15-14-16(22-18(26)21-15)24(19(27)23-17(14)25)10-11-5-2-1-3-6-11/h1-9,15H,10H2,(H2,21,22,26)(H,23,25,27). The van der Waals surface area contributed by atoms with Crippen LogP contribution in [0.3, 0.4) is 0 Å². The first-order valence-electron chi connectivity index (χ1n) is 8.27. The van der Waals surface area contributed by atoms with E-state index in [4.69, 9.17) is 0 Å². The second-order valence-electron chi connectivity index (χ2n) is 6.18. The summed E-state index contributed by atoms with van der Waals surface area (Å²) in [5.41, 5.74) is 0.102. The van der Waals surface area contributed by atoms with Gasteiger partial charge in [0.25, 0.3) is 5.56 Å². The molecule has 0 fully saturated rings. The van der Waals surface area contributed by atoms with Gasteiger partial charge in [-0.3, -0.25) is 19.7 Å². The lowest BCUT2D eigenvalue weighted by atomic mass is 9.98. The monoisotopic (exact) mass is 366 g/mol. The first kappa shape index (κ1) is 16.8. The number of benzene rings is 2. The molecule has 0 spiro atoms. The molecular formula is C19H15FN4O3. The molecule has 7 nitrogen and oxygen atoms in total. The van der Waals surface area contributed by atoms with Gasteiger partial charge in [-0.15, -0.1) is 0 Å². The molecule has 0 aliphatic carbocycles. The Labute approximate surface area is 152 Å². The molecule has 8 heteroatoms. The summed E-state index contributed by atoms with van der Waals surface area (Å²) in [4.78, 5) is 39.4. The summed E-state index contributed by atoms with van der Waals surface area (Å²) in [6, 6.07) is 13.3. The Hall–Kier alpha value is -3.68. The van der Waals surface area contributed by atoms with Crippen LogP contribution in [0.1, 0.15) is 22.7 Å². The number of halogens is 1. The van der Waals surface area contributed by atoms with E-state index in [0.717, 1.165) is 5.56 Å². The first-order chi connectivity index (χ1) is 13.0. The number of anilines is 1. The molecule has 136 valence electrons. The Balaban J connectivity index is 1.90. The highest BCUT2D eigenvalue weighted by atomic mass is 19.1. The van der Waals surface area contributed by atoms with Crippen molar-refractivity contribution < 1.29 is 9.18 Å². The molecule has 1 unspecified atom stereocenters. The number of nitrogens with zero attached hydrogens (tertiary/aromatic N) is 1. The van der Waals surface area contributed by atoms with Crippen molar-refractivity contribution in [2.24, 2.45) is 0 Å². The quantitative estimate of drug-likeness (QED) is 0.661. The van der Waals surface area contributed by atoms with Gasteiger partial charge in [-0.2, -0.15) is 0 Å². The van der Waals surface area contributed by atoms with Crippen LogP contribution in [0.5, 0.6) is 0 Å². The molecule has 27 heavy (non-hydrogen) atoms. The van der Waals surface area contributed by atoms with E-state index >= 15 is 0 Å². The molecule has 0 bridgehead atoms. The van der Waals surface area contributed by atoms with E-state index in [0.29, 0.717) is 5.56 Å². The zero-order valence-electron chi connectivity index (χ0n) is 14.0. The van der Waals surface area contributed by atoms with Gasteiger partial charge in [0.1, 0.15) is 11.6 Å². The Kier molecular flexibility index (Phi) is 4.08. The van der Waals surface area contributed by atoms with Crippen molar-refractivity contribution in [2.45, 2.75) is 12.6 Å². The summed E-state index contributed by atoms with van der Waals surface area (Å²) in [5.74, 6) is -0.388. The Bertz CT molecular complexity index is 1140. The second kappa shape index (κ2) is 6.56. The minimum absolute atomic E-state index is 0.102. The zero-order valence-corrected chi connectivity index (χ0v) is 14.0. The maximum Gasteiger partial charge on any atom is 0.330 e. The highest BCUT2D eigenvalue weighted by Gasteiger charge is 2.31. The molecule has 4 rings (SSSR count). The van der Waals surface area contributed by atoms with Gasteiger partial charge in [0, 0.05) is 0 Å². The topological polar surface area (TPSA) is 96.0 Å². The van der Waals surface area contributed by atoms with Crippen LogP contribution >= 0.6 is 0 Å². The van der Waals surface area contributed by atoms with Crippen LogP contribution in [-0.2, 0) is 6.54 Å². The fraction of sp³-hybridized carbons (Fsp3) is 0.105. The first-order valence-corrected chi connectivity index (χ1v) is 8.27. The SMILES string of the molecule is O=C1Nc2c(c(=O)[nH]c(=O)n2Cc2ccccc2)C(c2cccc(F)c2)N1. The molecule has 2 heterocycles. The number of carbonyl (C=O) groups excluding carboxylic acids is 1. The fourth-order valence-electron chi connectivity index (χ4n) is 3.19. The number of aromatic nitrogens is 2. The van der Waals surface area contributed by atoms with Gasteiger partial charge >= 0.3 is 11.7 Å². The molecule has 0 saturated heterocycles. The third kappa shape index (κ3) is 3.12. The van der Waals surface area contributed by atoms with E-state index in [1.165, 1.54) is 22.8 Å². The molecule has 3 N–H and O–H groups in total. The third-order valence-electron chi connectivity index (χ3n) is 4.40. The van der Waals surface area contributed by atoms with Crippen molar-refractivity contribution >= 4 is 11.8 Å². The lowest BCUT2D eigenvalue weighted by molar-refractivity contribution is 0.248. The van der Waals surface area contributed by atoms with Crippen LogP contribution < -0.4 is 21.9 Å². The average Bonchev–Trinajstić information content (AvgIpc) is 2.65. The Morgan fingerprint density at radius 3 is 2.52 bits per heavy atom. The van der Waals surface area contributed by atoms with Crippen LogP contribution in [0.2, 0.25) is 0 Å². The number of H-pyrrole nitrogens is 1. The number of hydrogen-bond acceptors (Lipinski definition) is 3. The summed E-state index contributed by atoms with van der Waals surface area (Å²) in [5, 5.41) is 5.16. The van der Waals surface area contributed by atoms with E-state index in [2.05, 4.69) is 15.6 Å². The lowest BCUT2D eigenvalue weighted by Gasteiger charge is -2.28. The van der Waals surface area contributed by atoms with Crippen LogP contribution in [-0.4, -0.2) is 15.6 Å². The molecule has 1 atom stereocenters. The second-order valence-corrected chi connectivity index (χ2v) is 6.18. The van der Waals surface area contributed by atoms with Crippen molar-refractivity contribution in [3.05, 3.63) is 97.9 Å². The van der Waals surface area contributed by atoms with Gasteiger partial charge in [-0.05, 0) is 23.3 Å². The molecule has 2 amide bonds. The van der Waals surface area contributed by atoms with E-state index in [1.54, 1.807) is 6.07 Å². The number of carbonyl (C=O) groups is 1. The number of fused-ring (bicyclic) bond motifs is 1. The van der Waals surface area contributed by atoms with Gasteiger partial charge in [0.05, 0.1) is 18.2 Å². The van der Waals surface area contributed by atoms with Crippen molar-refractivity contribution in [2.75, 3.05) is 5.32 Å². The smallest absolute Gasteiger partial charge is 0.327 e. The number of rotatable bonds is 3. The van der Waals surface area contributed by atoms with Crippen LogP contribution in [0.4, 0.5) is 15.0 Å². The number of nitrogens with one attached hydrogen (secondary N) is 3. The predicted molar refractivity (Wildman–Crippen MR) is 97.3 cm³/mol. The summed E-state index contributed by atoms with van der Waals surface area (Å²) in [6.45, 7) is 0.162. The summed E-state index contributed by atoms with van der Waals surface area (Å²) in [7, 11) is 0. The molecule has 0 saturated carbocycles. The minimum atomic E-state index is -0.879. The Morgan fingerprint density at radius 1 is 1.00 bits per heavy atom. The number of urea groups is 1. The molecule has 1 aliphatic heterocycles. The third-order valence-corrected chi connectivity index (χ3v) is 4.40. The van der Waals surface area contributed by atoms with Gasteiger partial charge in [-0.1, -0.05) is 42.5 Å². The maximum absolute atomic E-state index is 13.7. The van der Waals surface area contributed by atoms with Crippen molar-refractivity contribution in [3.63, 3.8) is 0 Å². The van der Waals surface area contributed by atoms with E-state index in [9.17, 15) is 18.8 Å². The number of hydrogen-bond donors (Lipinski definition) is 3. The van der Waals surface area contributed by atoms with Crippen LogP contribution in [0.15, 0.2) is 64.2 Å². The number of aromatic amines is 1. The highest BCUT2D eigenvalue weighted by molar-refractivity contribution is 5.92. The highest BCUT2D eigenvalue weighted by Crippen LogP contribution is 2.28.